The van der Waals surface area contributed by atoms with E-state index in [4.69, 9.17) is 0 Å². The van der Waals surface area contributed by atoms with E-state index in [9.17, 15) is 10.0 Å². The maximum atomic E-state index is 9.44. The second kappa shape index (κ2) is 5.68. The largest absolute Gasteiger partial charge is 0.488 e. The van der Waals surface area contributed by atoms with Gasteiger partial charge in [-0.1, -0.05) is 49.6 Å². The Balaban J connectivity index is 2.44. The van der Waals surface area contributed by atoms with Gasteiger partial charge in [0.05, 0.1) is 11.2 Å². The summed E-state index contributed by atoms with van der Waals surface area (Å²) in [7, 11) is -1.50. The maximum Gasteiger partial charge on any atom is 0.488 e. The second-order valence-electron chi connectivity index (χ2n) is 5.03. The van der Waals surface area contributed by atoms with E-state index in [1.165, 1.54) is 0 Å². The van der Waals surface area contributed by atoms with Crippen LogP contribution in [0, 0.1) is 0 Å². The molecule has 0 aliphatic heterocycles. The predicted octanol–water partition coefficient (Wildman–Crippen LogP) is 2.60. The molecule has 0 amide bonds. The highest BCUT2D eigenvalue weighted by molar-refractivity contribution is 6.58. The van der Waals surface area contributed by atoms with Gasteiger partial charge in [0.2, 0.25) is 0 Å². The molecule has 0 saturated carbocycles. The first-order valence-corrected chi connectivity index (χ1v) is 7.02. The van der Waals surface area contributed by atoms with Gasteiger partial charge in [-0.3, -0.25) is 0 Å². The van der Waals surface area contributed by atoms with E-state index in [1.807, 2.05) is 41.0 Å². The Morgan fingerprint density at radius 3 is 2.27 bits per heavy atom. The number of hydrogen-bond acceptors (Lipinski definition) is 2. The van der Waals surface area contributed by atoms with E-state index in [1.54, 1.807) is 24.3 Å². The lowest BCUT2D eigenvalue weighted by atomic mass is 9.80. The van der Waals surface area contributed by atoms with Crippen LogP contribution >= 0.6 is 0 Å². The fourth-order valence-corrected chi connectivity index (χ4v) is 2.78. The molecule has 0 unspecified atom stereocenters. The Labute approximate surface area is 129 Å². The Kier molecular flexibility index (Phi) is 3.71. The van der Waals surface area contributed by atoms with Crippen LogP contribution in [0.25, 0.3) is 28.7 Å². The molecule has 1 heterocycles. The summed E-state index contributed by atoms with van der Waals surface area (Å²) in [5.74, 6) is 0. The van der Waals surface area contributed by atoms with Crippen LogP contribution in [0.5, 0.6) is 0 Å². The molecule has 3 rings (SSSR count). The first-order chi connectivity index (χ1) is 10.7. The number of hydrogen-bond donors (Lipinski definition) is 2. The van der Waals surface area contributed by atoms with Crippen molar-refractivity contribution in [2.75, 3.05) is 0 Å². The summed E-state index contributed by atoms with van der Waals surface area (Å²) in [6, 6.07) is 15.3. The fraction of sp³-hybridized carbons (Fsp3) is 0. The molecule has 0 bridgehead atoms. The van der Waals surface area contributed by atoms with Crippen molar-refractivity contribution >= 4 is 35.6 Å². The minimum atomic E-state index is -1.50. The Bertz CT molecular complexity index is 850. The molecule has 0 aliphatic rings. The maximum absolute atomic E-state index is 9.44. The van der Waals surface area contributed by atoms with E-state index < -0.39 is 7.12 Å². The molecule has 22 heavy (non-hydrogen) atoms. The zero-order chi connectivity index (χ0) is 15.7. The van der Waals surface area contributed by atoms with Crippen molar-refractivity contribution in [1.29, 1.82) is 0 Å². The van der Waals surface area contributed by atoms with Crippen molar-refractivity contribution in [2.24, 2.45) is 0 Å². The topological polar surface area (TPSA) is 45.4 Å². The molecule has 2 N–H and O–H groups in total. The van der Waals surface area contributed by atoms with Gasteiger partial charge in [0, 0.05) is 16.6 Å². The van der Waals surface area contributed by atoms with E-state index in [0.717, 1.165) is 27.8 Å². The van der Waals surface area contributed by atoms with Gasteiger partial charge >= 0.3 is 7.12 Å². The number of nitrogens with zero attached hydrogens (tertiary/aromatic N) is 1. The van der Waals surface area contributed by atoms with E-state index in [0.29, 0.717) is 5.46 Å². The summed E-state index contributed by atoms with van der Waals surface area (Å²) in [5, 5.41) is 19.9. The number of aromatic nitrogens is 1. The number of benzene rings is 2. The van der Waals surface area contributed by atoms with E-state index >= 15 is 0 Å². The number of rotatable bonds is 4. The quantitative estimate of drug-likeness (QED) is 0.725. The molecule has 1 aromatic heterocycles. The van der Waals surface area contributed by atoms with Crippen molar-refractivity contribution in [3.8, 4) is 5.69 Å². The summed E-state index contributed by atoms with van der Waals surface area (Å²) in [6.45, 7) is 7.81. The molecule has 3 nitrogen and oxygen atoms in total. The first-order valence-electron chi connectivity index (χ1n) is 7.02. The van der Waals surface area contributed by atoms with Crippen LogP contribution in [0.3, 0.4) is 0 Å². The SMILES string of the molecule is C=Cc1c(C=C)n(-c2ccccc2)c2cc(B(O)O)ccc12. The lowest BCUT2D eigenvalue weighted by Gasteiger charge is -2.09. The van der Waals surface area contributed by atoms with Crippen LogP contribution < -0.4 is 5.46 Å². The molecular formula is C18H16BNO2. The zero-order valence-corrected chi connectivity index (χ0v) is 12.1. The van der Waals surface area contributed by atoms with Crippen LogP contribution in [0.1, 0.15) is 11.3 Å². The molecule has 4 heteroatoms. The molecule has 0 fully saturated rings. The van der Waals surface area contributed by atoms with Gasteiger partial charge in [-0.2, -0.15) is 0 Å². The molecule has 3 aromatic rings. The third-order valence-corrected chi connectivity index (χ3v) is 3.78. The van der Waals surface area contributed by atoms with Crippen molar-refractivity contribution in [2.45, 2.75) is 0 Å². The lowest BCUT2D eigenvalue weighted by Crippen LogP contribution is -2.29. The van der Waals surface area contributed by atoms with Gasteiger partial charge in [-0.25, -0.2) is 0 Å². The molecule has 0 atom stereocenters. The summed E-state index contributed by atoms with van der Waals surface area (Å²) in [6.07, 6.45) is 3.59. The Hall–Kier alpha value is -2.56. The normalized spacial score (nSPS) is 10.6. The predicted molar refractivity (Wildman–Crippen MR) is 93.3 cm³/mol. The van der Waals surface area contributed by atoms with Crippen LogP contribution in [0.2, 0.25) is 0 Å². The molecule has 108 valence electrons. The summed E-state index contributed by atoms with van der Waals surface area (Å²) < 4.78 is 2.05. The molecule has 0 radical (unpaired) electrons. The van der Waals surface area contributed by atoms with Gasteiger partial charge in [0.15, 0.2) is 0 Å². The monoisotopic (exact) mass is 289 g/mol. The summed E-state index contributed by atoms with van der Waals surface area (Å²) >= 11 is 0. The lowest BCUT2D eigenvalue weighted by molar-refractivity contribution is 0.426. The zero-order valence-electron chi connectivity index (χ0n) is 12.1. The van der Waals surface area contributed by atoms with Gasteiger partial charge in [0.25, 0.3) is 0 Å². The van der Waals surface area contributed by atoms with Crippen molar-refractivity contribution in [3.05, 3.63) is 72.9 Å². The fourth-order valence-electron chi connectivity index (χ4n) is 2.78. The van der Waals surface area contributed by atoms with Gasteiger partial charge in [0.1, 0.15) is 0 Å². The summed E-state index contributed by atoms with van der Waals surface area (Å²) in [5.41, 5.74) is 4.24. The highest BCUT2D eigenvalue weighted by Gasteiger charge is 2.18. The average Bonchev–Trinajstić information content (AvgIpc) is 2.87. The van der Waals surface area contributed by atoms with Crippen LogP contribution in [0.15, 0.2) is 61.7 Å². The molecule has 0 aliphatic carbocycles. The van der Waals surface area contributed by atoms with Crippen LogP contribution in [0.4, 0.5) is 0 Å². The smallest absolute Gasteiger partial charge is 0.423 e. The number of fused-ring (bicyclic) bond motifs is 1. The average molecular weight is 289 g/mol. The van der Waals surface area contributed by atoms with Gasteiger partial charge in [-0.15, -0.1) is 0 Å². The molecule has 2 aromatic carbocycles. The molecule has 0 saturated heterocycles. The Morgan fingerprint density at radius 1 is 0.955 bits per heavy atom. The standard InChI is InChI=1S/C18H16BNO2/c1-3-15-16-11-10-13(19(21)22)12-18(16)20(17(15)4-2)14-8-6-5-7-9-14/h3-12,21-22H,1-2H2. The molecule has 0 spiro atoms. The highest BCUT2D eigenvalue weighted by atomic mass is 16.4. The van der Waals surface area contributed by atoms with E-state index in [2.05, 4.69) is 13.2 Å². The Morgan fingerprint density at radius 2 is 1.68 bits per heavy atom. The van der Waals surface area contributed by atoms with Gasteiger partial charge in [-0.05, 0) is 29.7 Å². The third kappa shape index (κ3) is 2.19. The second-order valence-corrected chi connectivity index (χ2v) is 5.03. The first kappa shape index (κ1) is 14.4. The number of para-hydroxylation sites is 1. The minimum absolute atomic E-state index is 0.452. The highest BCUT2D eigenvalue weighted by Crippen LogP contribution is 2.30. The van der Waals surface area contributed by atoms with Crippen molar-refractivity contribution in [3.63, 3.8) is 0 Å². The van der Waals surface area contributed by atoms with Gasteiger partial charge < -0.3 is 14.6 Å². The van der Waals surface area contributed by atoms with Crippen LogP contribution in [-0.4, -0.2) is 21.7 Å². The van der Waals surface area contributed by atoms with E-state index in [-0.39, 0.29) is 0 Å². The molecular weight excluding hydrogens is 273 g/mol. The summed E-state index contributed by atoms with van der Waals surface area (Å²) in [4.78, 5) is 0. The third-order valence-electron chi connectivity index (χ3n) is 3.78. The van der Waals surface area contributed by atoms with Crippen LogP contribution in [-0.2, 0) is 0 Å². The van der Waals surface area contributed by atoms with Crippen molar-refractivity contribution in [1.82, 2.24) is 4.57 Å². The minimum Gasteiger partial charge on any atom is -0.423 e. The van der Waals surface area contributed by atoms with Crippen molar-refractivity contribution < 1.29 is 10.0 Å².